The minimum absolute atomic E-state index is 0.0238. The van der Waals surface area contributed by atoms with E-state index in [1.54, 1.807) is 0 Å². The SMILES string of the molecule is CCCN1CC(N)(C(=O)NCCCCCCCCOC(C)C)C1. The van der Waals surface area contributed by atoms with E-state index in [0.29, 0.717) is 19.2 Å². The molecule has 0 aromatic rings. The summed E-state index contributed by atoms with van der Waals surface area (Å²) in [5.41, 5.74) is 5.48. The second-order valence-electron chi connectivity index (χ2n) is 7.16. The maximum absolute atomic E-state index is 12.1. The zero-order chi connectivity index (χ0) is 17.1. The zero-order valence-corrected chi connectivity index (χ0v) is 15.4. The Labute approximate surface area is 142 Å². The van der Waals surface area contributed by atoms with E-state index in [2.05, 4.69) is 31.0 Å². The maximum Gasteiger partial charge on any atom is 0.242 e. The predicted molar refractivity (Wildman–Crippen MR) is 95.4 cm³/mol. The summed E-state index contributed by atoms with van der Waals surface area (Å²) in [7, 11) is 0. The fourth-order valence-corrected chi connectivity index (χ4v) is 3.00. The molecule has 1 rings (SSSR count). The summed E-state index contributed by atoms with van der Waals surface area (Å²) in [6, 6.07) is 0. The van der Waals surface area contributed by atoms with Gasteiger partial charge < -0.3 is 15.8 Å². The molecule has 5 heteroatoms. The van der Waals surface area contributed by atoms with Crippen LogP contribution >= 0.6 is 0 Å². The molecular weight excluding hydrogens is 290 g/mol. The minimum Gasteiger partial charge on any atom is -0.379 e. The van der Waals surface area contributed by atoms with Crippen LogP contribution < -0.4 is 11.1 Å². The Kier molecular flexibility index (Phi) is 9.75. The topological polar surface area (TPSA) is 67.6 Å². The van der Waals surface area contributed by atoms with E-state index < -0.39 is 5.54 Å². The molecule has 0 aromatic heterocycles. The van der Waals surface area contributed by atoms with Gasteiger partial charge in [-0.05, 0) is 39.7 Å². The molecule has 1 heterocycles. The number of nitrogens with zero attached hydrogens (tertiary/aromatic N) is 1. The number of carbonyl (C=O) groups excluding carboxylic acids is 1. The van der Waals surface area contributed by atoms with Crippen molar-refractivity contribution in [3.8, 4) is 0 Å². The average molecular weight is 328 g/mol. The third-order valence-electron chi connectivity index (χ3n) is 4.31. The van der Waals surface area contributed by atoms with Crippen molar-refractivity contribution in [1.82, 2.24) is 10.2 Å². The van der Waals surface area contributed by atoms with E-state index in [1.807, 2.05) is 0 Å². The molecule has 3 N–H and O–H groups in total. The van der Waals surface area contributed by atoms with Crippen molar-refractivity contribution in [2.24, 2.45) is 5.73 Å². The molecule has 0 bridgehead atoms. The summed E-state index contributed by atoms with van der Waals surface area (Å²) >= 11 is 0. The van der Waals surface area contributed by atoms with Gasteiger partial charge in [0.25, 0.3) is 0 Å². The second-order valence-corrected chi connectivity index (χ2v) is 7.16. The number of nitrogens with one attached hydrogen (secondary N) is 1. The van der Waals surface area contributed by atoms with Gasteiger partial charge in [-0.2, -0.15) is 0 Å². The fraction of sp³-hybridized carbons (Fsp3) is 0.944. The lowest BCUT2D eigenvalue weighted by atomic mass is 9.89. The molecule has 0 spiro atoms. The Morgan fingerprint density at radius 1 is 1.17 bits per heavy atom. The van der Waals surface area contributed by atoms with E-state index in [-0.39, 0.29) is 5.91 Å². The number of carbonyl (C=O) groups is 1. The molecule has 1 fully saturated rings. The Morgan fingerprint density at radius 3 is 2.39 bits per heavy atom. The summed E-state index contributed by atoms with van der Waals surface area (Å²) in [5, 5.41) is 3.00. The highest BCUT2D eigenvalue weighted by Gasteiger charge is 2.45. The lowest BCUT2D eigenvalue weighted by Gasteiger charge is -2.46. The van der Waals surface area contributed by atoms with Gasteiger partial charge in [0.15, 0.2) is 0 Å². The predicted octanol–water partition coefficient (Wildman–Crippen LogP) is 2.29. The maximum atomic E-state index is 12.1. The van der Waals surface area contributed by atoms with Crippen molar-refractivity contribution in [2.75, 3.05) is 32.8 Å². The van der Waals surface area contributed by atoms with Gasteiger partial charge in [0.2, 0.25) is 5.91 Å². The van der Waals surface area contributed by atoms with Gasteiger partial charge in [0.05, 0.1) is 6.10 Å². The first-order valence-corrected chi connectivity index (χ1v) is 9.39. The van der Waals surface area contributed by atoms with Crippen LogP contribution in [0.5, 0.6) is 0 Å². The summed E-state index contributed by atoms with van der Waals surface area (Å²) in [6.07, 6.45) is 8.54. The third kappa shape index (κ3) is 8.13. The number of ether oxygens (including phenoxy) is 1. The largest absolute Gasteiger partial charge is 0.379 e. The Bertz CT molecular complexity index is 328. The Balaban J connectivity index is 1.90. The molecule has 1 amide bonds. The molecular formula is C18H37N3O2. The van der Waals surface area contributed by atoms with Crippen molar-refractivity contribution in [1.29, 1.82) is 0 Å². The summed E-state index contributed by atoms with van der Waals surface area (Å²) in [4.78, 5) is 14.3. The molecule has 0 aliphatic carbocycles. The molecule has 0 unspecified atom stereocenters. The van der Waals surface area contributed by atoms with Crippen LogP contribution in [-0.2, 0) is 9.53 Å². The molecule has 5 nitrogen and oxygen atoms in total. The number of nitrogens with two attached hydrogens (primary N) is 1. The first kappa shape index (κ1) is 20.4. The number of unbranched alkanes of at least 4 members (excludes halogenated alkanes) is 5. The Hall–Kier alpha value is -0.650. The molecule has 0 aromatic carbocycles. The lowest BCUT2D eigenvalue weighted by molar-refractivity contribution is -0.132. The second kappa shape index (κ2) is 11.0. The quantitative estimate of drug-likeness (QED) is 0.509. The lowest BCUT2D eigenvalue weighted by Crippen LogP contribution is -2.73. The number of hydrogen-bond acceptors (Lipinski definition) is 4. The molecule has 0 atom stereocenters. The van der Waals surface area contributed by atoms with E-state index in [9.17, 15) is 4.79 Å². The van der Waals surface area contributed by atoms with Crippen LogP contribution in [-0.4, -0.2) is 55.2 Å². The highest BCUT2D eigenvalue weighted by atomic mass is 16.5. The van der Waals surface area contributed by atoms with Crippen LogP contribution in [0.4, 0.5) is 0 Å². The molecule has 1 aliphatic heterocycles. The third-order valence-corrected chi connectivity index (χ3v) is 4.31. The first-order valence-electron chi connectivity index (χ1n) is 9.39. The highest BCUT2D eigenvalue weighted by molar-refractivity contribution is 5.87. The van der Waals surface area contributed by atoms with Crippen LogP contribution in [0.25, 0.3) is 0 Å². The number of amides is 1. The van der Waals surface area contributed by atoms with Crippen molar-refractivity contribution >= 4 is 5.91 Å². The van der Waals surface area contributed by atoms with Crippen molar-refractivity contribution in [3.05, 3.63) is 0 Å². The highest BCUT2D eigenvalue weighted by Crippen LogP contribution is 2.18. The van der Waals surface area contributed by atoms with Crippen molar-refractivity contribution < 1.29 is 9.53 Å². The molecule has 1 saturated heterocycles. The van der Waals surface area contributed by atoms with Crippen LogP contribution in [0.1, 0.15) is 65.7 Å². The van der Waals surface area contributed by atoms with E-state index in [0.717, 1.165) is 39.0 Å². The molecule has 0 saturated carbocycles. The van der Waals surface area contributed by atoms with Crippen LogP contribution in [0.2, 0.25) is 0 Å². The van der Waals surface area contributed by atoms with Gasteiger partial charge in [-0.15, -0.1) is 0 Å². The van der Waals surface area contributed by atoms with Crippen LogP contribution in [0.3, 0.4) is 0 Å². The normalized spacial score (nSPS) is 17.3. The van der Waals surface area contributed by atoms with Gasteiger partial charge in [-0.1, -0.05) is 32.6 Å². The van der Waals surface area contributed by atoms with Crippen LogP contribution in [0, 0.1) is 0 Å². The van der Waals surface area contributed by atoms with E-state index >= 15 is 0 Å². The zero-order valence-electron chi connectivity index (χ0n) is 15.4. The molecule has 1 aliphatic rings. The summed E-state index contributed by atoms with van der Waals surface area (Å²) < 4.78 is 5.52. The monoisotopic (exact) mass is 327 g/mol. The van der Waals surface area contributed by atoms with Gasteiger partial charge >= 0.3 is 0 Å². The average Bonchev–Trinajstić information content (AvgIpc) is 2.47. The Morgan fingerprint density at radius 2 is 1.78 bits per heavy atom. The standard InChI is InChI=1S/C18H37N3O2/c1-4-12-21-14-18(19,15-21)17(22)20-11-9-7-5-6-8-10-13-23-16(2)3/h16H,4-15,19H2,1-3H3,(H,20,22). The molecule has 23 heavy (non-hydrogen) atoms. The fourth-order valence-electron chi connectivity index (χ4n) is 3.00. The van der Waals surface area contributed by atoms with Gasteiger partial charge in [-0.3, -0.25) is 9.69 Å². The summed E-state index contributed by atoms with van der Waals surface area (Å²) in [6.45, 7) is 10.4. The first-order chi connectivity index (χ1) is 11.0. The van der Waals surface area contributed by atoms with E-state index in [4.69, 9.17) is 10.5 Å². The number of hydrogen-bond donors (Lipinski definition) is 2. The van der Waals surface area contributed by atoms with E-state index in [1.165, 1.54) is 25.7 Å². The number of likely N-dealkylation sites (tertiary alicyclic amines) is 1. The van der Waals surface area contributed by atoms with Crippen LogP contribution in [0.15, 0.2) is 0 Å². The van der Waals surface area contributed by atoms with Gasteiger partial charge in [0.1, 0.15) is 5.54 Å². The van der Waals surface area contributed by atoms with Gasteiger partial charge in [-0.25, -0.2) is 0 Å². The smallest absolute Gasteiger partial charge is 0.242 e. The summed E-state index contributed by atoms with van der Waals surface area (Å²) in [5.74, 6) is 0.0238. The van der Waals surface area contributed by atoms with Gasteiger partial charge in [0, 0.05) is 26.2 Å². The number of rotatable bonds is 13. The van der Waals surface area contributed by atoms with Crippen molar-refractivity contribution in [2.45, 2.75) is 77.4 Å². The molecule has 0 radical (unpaired) electrons. The molecule has 136 valence electrons. The van der Waals surface area contributed by atoms with Crippen molar-refractivity contribution in [3.63, 3.8) is 0 Å². The minimum atomic E-state index is -0.647.